The van der Waals surface area contributed by atoms with Gasteiger partial charge in [0.2, 0.25) is 0 Å². The van der Waals surface area contributed by atoms with Crippen molar-refractivity contribution in [1.82, 2.24) is 0 Å². The van der Waals surface area contributed by atoms with Gasteiger partial charge in [0.1, 0.15) is 5.75 Å². The van der Waals surface area contributed by atoms with Gasteiger partial charge in [-0.05, 0) is 42.8 Å². The topological polar surface area (TPSA) is 67.4 Å². The molecule has 5 nitrogen and oxygen atoms in total. The van der Waals surface area contributed by atoms with E-state index in [9.17, 15) is 9.59 Å². The van der Waals surface area contributed by atoms with Gasteiger partial charge >= 0.3 is 11.8 Å². The number of carbonyl (C=O) groups is 2. The number of hydrogen-bond donors (Lipinski definition) is 2. The zero-order valence-corrected chi connectivity index (χ0v) is 14.0. The van der Waals surface area contributed by atoms with Gasteiger partial charge in [0, 0.05) is 16.4 Å². The van der Waals surface area contributed by atoms with E-state index in [1.165, 1.54) is 13.2 Å². The SMILES string of the molecule is COc1ccc(NC(=O)C(=O)Nc2cccc(Cl)c2C)cc1Cl. The van der Waals surface area contributed by atoms with Crippen LogP contribution in [0.3, 0.4) is 0 Å². The number of methoxy groups -OCH3 is 1. The molecule has 0 atom stereocenters. The Balaban J connectivity index is 2.07. The highest BCUT2D eigenvalue weighted by Gasteiger charge is 2.16. The van der Waals surface area contributed by atoms with Crippen LogP contribution in [0.4, 0.5) is 11.4 Å². The van der Waals surface area contributed by atoms with Crippen LogP contribution in [0, 0.1) is 6.92 Å². The monoisotopic (exact) mass is 352 g/mol. The Bertz CT molecular complexity index is 763. The third-order valence-electron chi connectivity index (χ3n) is 3.13. The van der Waals surface area contributed by atoms with Crippen molar-refractivity contribution in [2.24, 2.45) is 0 Å². The molecule has 0 spiro atoms. The van der Waals surface area contributed by atoms with E-state index in [1.54, 1.807) is 37.3 Å². The highest BCUT2D eigenvalue weighted by Crippen LogP contribution is 2.27. The van der Waals surface area contributed by atoms with E-state index < -0.39 is 11.8 Å². The number of rotatable bonds is 3. The second-order valence-corrected chi connectivity index (χ2v) is 5.48. The summed E-state index contributed by atoms with van der Waals surface area (Å²) >= 11 is 11.9. The molecule has 2 amide bonds. The molecule has 0 bridgehead atoms. The van der Waals surface area contributed by atoms with E-state index in [-0.39, 0.29) is 0 Å². The lowest BCUT2D eigenvalue weighted by Gasteiger charge is -2.10. The average molecular weight is 353 g/mol. The molecule has 7 heteroatoms. The molecule has 0 saturated carbocycles. The molecule has 0 saturated heterocycles. The van der Waals surface area contributed by atoms with E-state index in [0.29, 0.717) is 32.7 Å². The summed E-state index contributed by atoms with van der Waals surface area (Å²) in [6.07, 6.45) is 0. The molecule has 2 aromatic carbocycles. The third kappa shape index (κ3) is 4.15. The molecule has 2 aromatic rings. The molecule has 0 aromatic heterocycles. The number of hydrogen-bond acceptors (Lipinski definition) is 3. The molecule has 0 aliphatic heterocycles. The van der Waals surface area contributed by atoms with Gasteiger partial charge in [-0.3, -0.25) is 9.59 Å². The highest BCUT2D eigenvalue weighted by atomic mass is 35.5. The fraction of sp³-hybridized carbons (Fsp3) is 0.125. The Morgan fingerprint density at radius 3 is 2.35 bits per heavy atom. The van der Waals surface area contributed by atoms with Crippen LogP contribution in [0.1, 0.15) is 5.56 Å². The minimum Gasteiger partial charge on any atom is -0.495 e. The van der Waals surface area contributed by atoms with Crippen molar-refractivity contribution in [3.63, 3.8) is 0 Å². The van der Waals surface area contributed by atoms with Crippen LogP contribution in [0.5, 0.6) is 5.75 Å². The van der Waals surface area contributed by atoms with Crippen LogP contribution in [0.15, 0.2) is 36.4 Å². The quantitative estimate of drug-likeness (QED) is 0.823. The summed E-state index contributed by atoms with van der Waals surface area (Å²) in [5.74, 6) is -1.14. The van der Waals surface area contributed by atoms with Gasteiger partial charge in [0.15, 0.2) is 0 Å². The zero-order chi connectivity index (χ0) is 17.0. The van der Waals surface area contributed by atoms with Crippen molar-refractivity contribution in [3.05, 3.63) is 52.0 Å². The molecule has 0 fully saturated rings. The van der Waals surface area contributed by atoms with Crippen molar-refractivity contribution < 1.29 is 14.3 Å². The summed E-state index contributed by atoms with van der Waals surface area (Å²) in [7, 11) is 1.49. The Morgan fingerprint density at radius 1 is 1.00 bits per heavy atom. The summed E-state index contributed by atoms with van der Waals surface area (Å²) in [6, 6.07) is 9.72. The maximum Gasteiger partial charge on any atom is 0.314 e. The van der Waals surface area contributed by atoms with Crippen LogP contribution in [0.25, 0.3) is 0 Å². The molecule has 120 valence electrons. The molecule has 0 aliphatic carbocycles. The number of ether oxygens (including phenoxy) is 1. The van der Waals surface area contributed by atoms with Crippen molar-refractivity contribution in [2.45, 2.75) is 6.92 Å². The van der Waals surface area contributed by atoms with Crippen LogP contribution in [-0.2, 0) is 9.59 Å². The highest BCUT2D eigenvalue weighted by molar-refractivity contribution is 6.44. The molecule has 0 unspecified atom stereocenters. The molecule has 0 aliphatic rings. The van der Waals surface area contributed by atoms with Gasteiger partial charge in [0.25, 0.3) is 0 Å². The van der Waals surface area contributed by atoms with Gasteiger partial charge in [-0.25, -0.2) is 0 Å². The minimum absolute atomic E-state index is 0.330. The predicted molar refractivity (Wildman–Crippen MR) is 91.5 cm³/mol. The summed E-state index contributed by atoms with van der Waals surface area (Å²) in [5.41, 5.74) is 1.55. The largest absolute Gasteiger partial charge is 0.495 e. The van der Waals surface area contributed by atoms with Gasteiger partial charge in [-0.1, -0.05) is 29.3 Å². The fourth-order valence-corrected chi connectivity index (χ4v) is 2.29. The van der Waals surface area contributed by atoms with Crippen molar-refractivity contribution in [2.75, 3.05) is 17.7 Å². The molecule has 0 radical (unpaired) electrons. The standard InChI is InChI=1S/C16H14Cl2N2O3/c1-9-11(17)4-3-5-13(9)20-16(22)15(21)19-10-6-7-14(23-2)12(18)8-10/h3-8H,1-2H3,(H,19,21)(H,20,22). The van der Waals surface area contributed by atoms with Gasteiger partial charge in [-0.15, -0.1) is 0 Å². The van der Waals surface area contributed by atoms with Crippen molar-refractivity contribution >= 4 is 46.4 Å². The lowest BCUT2D eigenvalue weighted by atomic mass is 10.2. The second-order valence-electron chi connectivity index (χ2n) is 4.67. The zero-order valence-electron chi connectivity index (χ0n) is 12.4. The number of anilines is 2. The first-order valence-corrected chi connectivity index (χ1v) is 7.39. The maximum absolute atomic E-state index is 12.0. The Hall–Kier alpha value is -2.24. The fourth-order valence-electron chi connectivity index (χ4n) is 1.85. The molecule has 23 heavy (non-hydrogen) atoms. The number of benzene rings is 2. The van der Waals surface area contributed by atoms with Crippen LogP contribution in [-0.4, -0.2) is 18.9 Å². The van der Waals surface area contributed by atoms with Crippen LogP contribution < -0.4 is 15.4 Å². The van der Waals surface area contributed by atoms with E-state index in [2.05, 4.69) is 10.6 Å². The lowest BCUT2D eigenvalue weighted by molar-refractivity contribution is -0.133. The van der Waals surface area contributed by atoms with Gasteiger partial charge < -0.3 is 15.4 Å². The lowest BCUT2D eigenvalue weighted by Crippen LogP contribution is -2.29. The second kappa shape index (κ2) is 7.35. The van der Waals surface area contributed by atoms with E-state index >= 15 is 0 Å². The molecular formula is C16H14Cl2N2O3. The summed E-state index contributed by atoms with van der Waals surface area (Å²) in [4.78, 5) is 23.9. The third-order valence-corrected chi connectivity index (χ3v) is 3.84. The Kier molecular flexibility index (Phi) is 5.47. The molecular weight excluding hydrogens is 339 g/mol. The molecule has 0 heterocycles. The number of nitrogens with one attached hydrogen (secondary N) is 2. The maximum atomic E-state index is 12.0. The first-order valence-electron chi connectivity index (χ1n) is 6.63. The van der Waals surface area contributed by atoms with E-state index in [1.807, 2.05) is 0 Å². The van der Waals surface area contributed by atoms with E-state index in [4.69, 9.17) is 27.9 Å². The summed E-state index contributed by atoms with van der Waals surface area (Å²) in [5, 5.41) is 5.81. The number of halogens is 2. The molecule has 2 rings (SSSR count). The van der Waals surface area contributed by atoms with Crippen molar-refractivity contribution in [3.8, 4) is 5.75 Å². The normalized spacial score (nSPS) is 10.1. The van der Waals surface area contributed by atoms with Crippen LogP contribution >= 0.6 is 23.2 Å². The average Bonchev–Trinajstić information content (AvgIpc) is 2.52. The van der Waals surface area contributed by atoms with Gasteiger partial charge in [0.05, 0.1) is 12.1 Å². The Labute approximate surface area is 143 Å². The first-order chi connectivity index (χ1) is 10.9. The molecule has 2 N–H and O–H groups in total. The van der Waals surface area contributed by atoms with Crippen LogP contribution in [0.2, 0.25) is 10.0 Å². The smallest absolute Gasteiger partial charge is 0.314 e. The predicted octanol–water partition coefficient (Wildman–Crippen LogP) is 3.89. The summed E-state index contributed by atoms with van der Waals surface area (Å²) in [6.45, 7) is 1.75. The first kappa shape index (κ1) is 17.1. The van der Waals surface area contributed by atoms with Crippen molar-refractivity contribution in [1.29, 1.82) is 0 Å². The number of carbonyl (C=O) groups excluding carboxylic acids is 2. The van der Waals surface area contributed by atoms with E-state index in [0.717, 1.165) is 0 Å². The summed E-state index contributed by atoms with van der Waals surface area (Å²) < 4.78 is 5.02. The number of amides is 2. The Morgan fingerprint density at radius 2 is 1.70 bits per heavy atom. The minimum atomic E-state index is -0.814. The van der Waals surface area contributed by atoms with Gasteiger partial charge in [-0.2, -0.15) is 0 Å².